The van der Waals surface area contributed by atoms with Gasteiger partial charge in [-0.25, -0.2) is 9.97 Å². The van der Waals surface area contributed by atoms with E-state index >= 15 is 0 Å². The van der Waals surface area contributed by atoms with Crippen LogP contribution in [0.2, 0.25) is 5.15 Å². The van der Waals surface area contributed by atoms with Crippen LogP contribution in [0, 0.1) is 6.92 Å². The van der Waals surface area contributed by atoms with Crippen LogP contribution in [0.3, 0.4) is 0 Å². The van der Waals surface area contributed by atoms with Crippen LogP contribution in [-0.4, -0.2) is 40.9 Å². The summed E-state index contributed by atoms with van der Waals surface area (Å²) in [7, 11) is 3.44. The van der Waals surface area contributed by atoms with Crippen molar-refractivity contribution in [1.29, 1.82) is 0 Å². The summed E-state index contributed by atoms with van der Waals surface area (Å²) < 4.78 is 0. The Morgan fingerprint density at radius 3 is 2.56 bits per heavy atom. The van der Waals surface area contributed by atoms with Crippen LogP contribution in [0.15, 0.2) is 0 Å². The normalized spacial score (nSPS) is 12.1. The lowest BCUT2D eigenvalue weighted by Crippen LogP contribution is -2.37. The van der Waals surface area contributed by atoms with Gasteiger partial charge in [-0.2, -0.15) is 0 Å². The lowest BCUT2D eigenvalue weighted by Gasteiger charge is -2.19. The number of nitrogens with one attached hydrogen (secondary N) is 1. The standard InChI is InChI=1S/C12H19ClN4O/c1-6-9-15-10(13)7(2)11(16-9)14-8(3)12(18)17(4)5/h8H,6H2,1-5H3,(H,14,15,16). The van der Waals surface area contributed by atoms with E-state index in [4.69, 9.17) is 11.6 Å². The third-order valence-electron chi connectivity index (χ3n) is 2.61. The van der Waals surface area contributed by atoms with E-state index in [1.54, 1.807) is 21.0 Å². The van der Waals surface area contributed by atoms with Crippen LogP contribution >= 0.6 is 11.6 Å². The van der Waals surface area contributed by atoms with Gasteiger partial charge in [-0.15, -0.1) is 0 Å². The molecule has 0 radical (unpaired) electrons. The Hall–Kier alpha value is -1.36. The lowest BCUT2D eigenvalue weighted by molar-refractivity contribution is -0.129. The highest BCUT2D eigenvalue weighted by Gasteiger charge is 2.17. The number of aryl methyl sites for hydroxylation is 1. The average molecular weight is 271 g/mol. The molecule has 1 heterocycles. The fourth-order valence-corrected chi connectivity index (χ4v) is 1.67. The largest absolute Gasteiger partial charge is 0.358 e. The highest BCUT2D eigenvalue weighted by atomic mass is 35.5. The van der Waals surface area contributed by atoms with Gasteiger partial charge in [-0.3, -0.25) is 4.79 Å². The highest BCUT2D eigenvalue weighted by molar-refractivity contribution is 6.30. The molecule has 0 aliphatic heterocycles. The molecule has 1 unspecified atom stereocenters. The molecular formula is C12H19ClN4O. The zero-order valence-corrected chi connectivity index (χ0v) is 12.2. The summed E-state index contributed by atoms with van der Waals surface area (Å²) in [6, 6.07) is -0.352. The number of rotatable bonds is 4. The van der Waals surface area contributed by atoms with E-state index in [0.717, 1.165) is 5.56 Å². The van der Waals surface area contributed by atoms with Crippen LogP contribution in [0.25, 0.3) is 0 Å². The summed E-state index contributed by atoms with van der Waals surface area (Å²) in [5.74, 6) is 1.27. The Kier molecular flexibility index (Phi) is 4.90. The fraction of sp³-hybridized carbons (Fsp3) is 0.583. The Balaban J connectivity index is 2.97. The van der Waals surface area contributed by atoms with Gasteiger partial charge >= 0.3 is 0 Å². The third kappa shape index (κ3) is 3.32. The van der Waals surface area contributed by atoms with Gasteiger partial charge in [0.2, 0.25) is 5.91 Å². The van der Waals surface area contributed by atoms with E-state index in [2.05, 4.69) is 15.3 Å². The quantitative estimate of drug-likeness (QED) is 0.849. The monoisotopic (exact) mass is 270 g/mol. The van der Waals surface area contributed by atoms with Gasteiger partial charge in [0.1, 0.15) is 22.8 Å². The first-order chi connectivity index (χ1) is 8.36. The topological polar surface area (TPSA) is 58.1 Å². The molecule has 1 aromatic heterocycles. The molecule has 0 aromatic carbocycles. The zero-order valence-electron chi connectivity index (χ0n) is 11.4. The first kappa shape index (κ1) is 14.7. The van der Waals surface area contributed by atoms with Crippen LogP contribution in [-0.2, 0) is 11.2 Å². The number of carbonyl (C=O) groups excluding carboxylic acids is 1. The number of hydrogen-bond donors (Lipinski definition) is 1. The number of halogens is 1. The highest BCUT2D eigenvalue weighted by Crippen LogP contribution is 2.20. The number of hydrogen-bond acceptors (Lipinski definition) is 4. The molecule has 100 valence electrons. The van der Waals surface area contributed by atoms with Crippen molar-refractivity contribution in [3.05, 3.63) is 16.5 Å². The summed E-state index contributed by atoms with van der Waals surface area (Å²) in [6.45, 7) is 5.58. The first-order valence-electron chi connectivity index (χ1n) is 5.87. The van der Waals surface area contributed by atoms with Crippen molar-refractivity contribution in [1.82, 2.24) is 14.9 Å². The summed E-state index contributed by atoms with van der Waals surface area (Å²) in [6.07, 6.45) is 0.699. The minimum Gasteiger partial charge on any atom is -0.358 e. The van der Waals surface area contributed by atoms with Crippen LogP contribution < -0.4 is 5.32 Å². The Morgan fingerprint density at radius 2 is 2.06 bits per heavy atom. The molecule has 0 bridgehead atoms. The second-order valence-electron chi connectivity index (χ2n) is 4.36. The Labute approximate surface area is 113 Å². The summed E-state index contributed by atoms with van der Waals surface area (Å²) >= 11 is 6.04. The number of likely N-dealkylation sites (N-methyl/N-ethyl adjacent to an activating group) is 1. The third-order valence-corrected chi connectivity index (χ3v) is 2.98. The molecule has 0 aliphatic carbocycles. The van der Waals surface area contributed by atoms with Gasteiger partial charge in [0.15, 0.2) is 0 Å². The molecular weight excluding hydrogens is 252 g/mol. The van der Waals surface area contributed by atoms with Crippen molar-refractivity contribution < 1.29 is 4.79 Å². The molecule has 0 saturated carbocycles. The van der Waals surface area contributed by atoms with E-state index in [-0.39, 0.29) is 11.9 Å². The van der Waals surface area contributed by atoms with Crippen molar-refractivity contribution in [3.63, 3.8) is 0 Å². The summed E-state index contributed by atoms with van der Waals surface area (Å²) in [5, 5.41) is 3.50. The van der Waals surface area contributed by atoms with Crippen molar-refractivity contribution >= 4 is 23.3 Å². The van der Waals surface area contributed by atoms with Crippen molar-refractivity contribution in [2.45, 2.75) is 33.2 Å². The molecule has 1 rings (SSSR count). The second-order valence-corrected chi connectivity index (χ2v) is 4.71. The van der Waals surface area contributed by atoms with Gasteiger partial charge in [0.05, 0.1) is 0 Å². The predicted molar refractivity (Wildman–Crippen MR) is 72.9 cm³/mol. The zero-order chi connectivity index (χ0) is 13.9. The number of anilines is 1. The molecule has 0 saturated heterocycles. The van der Waals surface area contributed by atoms with Gasteiger partial charge in [0, 0.05) is 26.1 Å². The van der Waals surface area contributed by atoms with Crippen molar-refractivity contribution in [2.24, 2.45) is 0 Å². The predicted octanol–water partition coefficient (Wildman–Crippen LogP) is 1.89. The molecule has 1 aromatic rings. The Morgan fingerprint density at radius 1 is 1.44 bits per heavy atom. The maximum atomic E-state index is 11.8. The molecule has 0 spiro atoms. The van der Waals surface area contributed by atoms with E-state index in [0.29, 0.717) is 23.2 Å². The molecule has 5 nitrogen and oxygen atoms in total. The molecule has 0 fully saturated rings. The number of aromatic nitrogens is 2. The van der Waals surface area contributed by atoms with Gasteiger partial charge in [-0.1, -0.05) is 18.5 Å². The SMILES string of the molecule is CCc1nc(Cl)c(C)c(NC(C)C(=O)N(C)C)n1. The van der Waals surface area contributed by atoms with Gasteiger partial charge < -0.3 is 10.2 Å². The van der Waals surface area contributed by atoms with E-state index in [1.807, 2.05) is 13.8 Å². The van der Waals surface area contributed by atoms with Gasteiger partial charge in [-0.05, 0) is 13.8 Å². The van der Waals surface area contributed by atoms with Crippen molar-refractivity contribution in [3.8, 4) is 0 Å². The lowest BCUT2D eigenvalue weighted by atomic mass is 10.2. The molecule has 1 N–H and O–H groups in total. The van der Waals surface area contributed by atoms with Crippen molar-refractivity contribution in [2.75, 3.05) is 19.4 Å². The molecule has 1 amide bonds. The van der Waals surface area contributed by atoms with E-state index in [1.165, 1.54) is 4.90 Å². The minimum absolute atomic E-state index is 0.0119. The first-order valence-corrected chi connectivity index (χ1v) is 6.25. The smallest absolute Gasteiger partial charge is 0.244 e. The molecule has 0 aliphatic rings. The molecule has 6 heteroatoms. The Bertz CT molecular complexity index is 448. The molecule has 18 heavy (non-hydrogen) atoms. The van der Waals surface area contributed by atoms with Crippen LogP contribution in [0.4, 0.5) is 5.82 Å². The number of carbonyl (C=O) groups is 1. The van der Waals surface area contributed by atoms with E-state index < -0.39 is 0 Å². The van der Waals surface area contributed by atoms with Crippen LogP contribution in [0.5, 0.6) is 0 Å². The fourth-order valence-electron chi connectivity index (χ4n) is 1.49. The van der Waals surface area contributed by atoms with Crippen LogP contribution in [0.1, 0.15) is 25.2 Å². The van der Waals surface area contributed by atoms with E-state index in [9.17, 15) is 4.79 Å². The maximum absolute atomic E-state index is 11.8. The maximum Gasteiger partial charge on any atom is 0.244 e. The number of nitrogens with zero attached hydrogens (tertiary/aromatic N) is 3. The second kappa shape index (κ2) is 6.00. The number of amides is 1. The van der Waals surface area contributed by atoms with Gasteiger partial charge in [0.25, 0.3) is 0 Å². The summed E-state index contributed by atoms with van der Waals surface area (Å²) in [4.78, 5) is 21.8. The molecule has 1 atom stereocenters. The summed E-state index contributed by atoms with van der Waals surface area (Å²) in [5.41, 5.74) is 0.757. The average Bonchev–Trinajstić information content (AvgIpc) is 2.33. The minimum atomic E-state index is -0.352.